The van der Waals surface area contributed by atoms with Gasteiger partial charge < -0.3 is 10.2 Å². The van der Waals surface area contributed by atoms with Crippen LogP contribution in [0.3, 0.4) is 0 Å². The van der Waals surface area contributed by atoms with Crippen LogP contribution < -0.4 is 10.4 Å². The first-order valence-corrected chi connectivity index (χ1v) is 12.1. The topological polar surface area (TPSA) is 127 Å². The van der Waals surface area contributed by atoms with E-state index in [1.165, 1.54) is 28.5 Å². The monoisotopic (exact) mass is 511 g/mol. The number of hydrogen-bond donors (Lipinski definition) is 3. The number of amides is 1. The van der Waals surface area contributed by atoms with Crippen molar-refractivity contribution in [3.05, 3.63) is 93.9 Å². The Kier molecular flexibility index (Phi) is 6.24. The summed E-state index contributed by atoms with van der Waals surface area (Å²) in [4.78, 5) is 29.1. The Morgan fingerprint density at radius 2 is 1.86 bits per heavy atom. The van der Waals surface area contributed by atoms with Gasteiger partial charge in [-0.25, -0.2) is 9.78 Å². The van der Waals surface area contributed by atoms with Crippen LogP contribution in [-0.2, 0) is 4.79 Å². The van der Waals surface area contributed by atoms with Crippen molar-refractivity contribution in [2.45, 2.75) is 13.8 Å². The van der Waals surface area contributed by atoms with Crippen LogP contribution in [0.25, 0.3) is 11.1 Å². The summed E-state index contributed by atoms with van der Waals surface area (Å²) in [7, 11) is 0. The number of hydrazone groups is 2. The number of anilines is 2. The number of nitrogens with one attached hydrogen (secondary N) is 1. The Morgan fingerprint density at radius 3 is 2.59 bits per heavy atom. The molecular weight excluding hydrogens is 490 g/mol. The first kappa shape index (κ1) is 23.9. The molecule has 37 heavy (non-hydrogen) atoms. The van der Waals surface area contributed by atoms with E-state index >= 15 is 0 Å². The smallest absolute Gasteiger partial charge is 0.335 e. The van der Waals surface area contributed by atoms with Crippen LogP contribution in [0.2, 0.25) is 0 Å². The lowest BCUT2D eigenvalue weighted by Gasteiger charge is -2.13. The zero-order valence-corrected chi connectivity index (χ0v) is 20.7. The van der Waals surface area contributed by atoms with Gasteiger partial charge in [-0.2, -0.15) is 15.2 Å². The van der Waals surface area contributed by atoms with Gasteiger partial charge in [0.1, 0.15) is 10.8 Å². The molecule has 3 N–H and O–H groups in total. The van der Waals surface area contributed by atoms with E-state index in [1.807, 2.05) is 32.0 Å². The number of carbonyl (C=O) groups is 2. The zero-order valence-electron chi connectivity index (χ0n) is 19.8. The van der Waals surface area contributed by atoms with Gasteiger partial charge in [-0.05, 0) is 60.9 Å². The van der Waals surface area contributed by atoms with Crippen molar-refractivity contribution >= 4 is 46.0 Å². The van der Waals surface area contributed by atoms with Gasteiger partial charge >= 0.3 is 11.9 Å². The lowest BCUT2D eigenvalue weighted by Crippen LogP contribution is -2.28. The van der Waals surface area contributed by atoms with Crippen molar-refractivity contribution in [2.24, 2.45) is 10.2 Å². The number of nitrogens with zero attached hydrogens (tertiary/aromatic N) is 4. The Morgan fingerprint density at radius 1 is 1.05 bits per heavy atom. The summed E-state index contributed by atoms with van der Waals surface area (Å²) in [6.07, 6.45) is 1.62. The van der Waals surface area contributed by atoms with Gasteiger partial charge in [-0.3, -0.25) is 10.2 Å². The fraction of sp³-hybridized carbons (Fsp3) is 0.0741. The predicted molar refractivity (Wildman–Crippen MR) is 144 cm³/mol. The summed E-state index contributed by atoms with van der Waals surface area (Å²) >= 11 is 1.33. The van der Waals surface area contributed by atoms with Crippen LogP contribution in [0.15, 0.2) is 82.4 Å². The van der Waals surface area contributed by atoms with Crippen molar-refractivity contribution in [3.8, 4) is 16.9 Å². The van der Waals surface area contributed by atoms with Gasteiger partial charge in [0.05, 0.1) is 16.9 Å². The fourth-order valence-corrected chi connectivity index (χ4v) is 4.44. The molecule has 0 radical (unpaired) electrons. The zero-order chi connectivity index (χ0) is 26.1. The molecule has 0 bridgehead atoms. The van der Waals surface area contributed by atoms with Crippen LogP contribution in [0.1, 0.15) is 26.5 Å². The number of para-hydroxylation sites is 1. The summed E-state index contributed by atoms with van der Waals surface area (Å²) in [5.74, 6) is -1.64. The first-order valence-electron chi connectivity index (χ1n) is 11.2. The number of carboxylic acids is 1. The Balaban J connectivity index is 1.50. The molecule has 0 saturated carbocycles. The SMILES string of the molecule is Cc1ccc(N2N=C(c3nccs3)C(=NNc3cccc(-c4cccc(C(=O)O)c4)c3O)C2=O)cc1C. The minimum Gasteiger partial charge on any atom is -0.505 e. The Labute approximate surface area is 216 Å². The molecule has 0 saturated heterocycles. The van der Waals surface area contributed by atoms with E-state index in [0.717, 1.165) is 11.1 Å². The molecule has 5 rings (SSSR count). The quantitative estimate of drug-likeness (QED) is 0.246. The van der Waals surface area contributed by atoms with Gasteiger partial charge in [-0.15, -0.1) is 11.3 Å². The summed E-state index contributed by atoms with van der Waals surface area (Å²) in [5, 5.41) is 32.7. The highest BCUT2D eigenvalue weighted by Gasteiger charge is 2.35. The molecule has 0 atom stereocenters. The van der Waals surface area contributed by atoms with Gasteiger partial charge in [0.2, 0.25) is 0 Å². The van der Waals surface area contributed by atoms with Crippen molar-refractivity contribution in [1.82, 2.24) is 4.98 Å². The molecule has 9 nitrogen and oxygen atoms in total. The lowest BCUT2D eigenvalue weighted by molar-refractivity contribution is -0.112. The second-order valence-corrected chi connectivity index (χ2v) is 9.23. The fourth-order valence-electron chi connectivity index (χ4n) is 3.81. The van der Waals surface area contributed by atoms with Crippen LogP contribution in [0.5, 0.6) is 5.75 Å². The molecule has 1 amide bonds. The second-order valence-electron chi connectivity index (χ2n) is 8.33. The summed E-state index contributed by atoms with van der Waals surface area (Å²) < 4.78 is 0. The molecule has 184 valence electrons. The van der Waals surface area contributed by atoms with Crippen molar-refractivity contribution in [1.29, 1.82) is 0 Å². The molecular formula is C27H21N5O4S. The van der Waals surface area contributed by atoms with Crippen LogP contribution in [0.4, 0.5) is 11.4 Å². The number of aryl methyl sites for hydroxylation is 2. The third kappa shape index (κ3) is 4.57. The molecule has 0 spiro atoms. The Hall–Kier alpha value is -4.83. The number of phenols is 1. The van der Waals surface area contributed by atoms with E-state index < -0.39 is 11.9 Å². The third-order valence-electron chi connectivity index (χ3n) is 5.93. The molecule has 4 aromatic rings. The van der Waals surface area contributed by atoms with Crippen LogP contribution >= 0.6 is 11.3 Å². The molecule has 10 heteroatoms. The van der Waals surface area contributed by atoms with E-state index in [9.17, 15) is 19.8 Å². The predicted octanol–water partition coefficient (Wildman–Crippen LogP) is 5.05. The molecule has 0 aliphatic carbocycles. The van der Waals surface area contributed by atoms with Gasteiger partial charge in [-0.1, -0.05) is 30.3 Å². The molecule has 3 aromatic carbocycles. The van der Waals surface area contributed by atoms with E-state index in [0.29, 0.717) is 27.5 Å². The minimum atomic E-state index is -1.07. The van der Waals surface area contributed by atoms with E-state index in [4.69, 9.17) is 0 Å². The summed E-state index contributed by atoms with van der Waals surface area (Å²) in [6, 6.07) is 16.8. The average Bonchev–Trinajstić information content (AvgIpc) is 3.53. The maximum atomic E-state index is 13.4. The highest BCUT2D eigenvalue weighted by molar-refractivity contribution is 7.13. The summed E-state index contributed by atoms with van der Waals surface area (Å²) in [5.41, 5.74) is 7.15. The highest BCUT2D eigenvalue weighted by atomic mass is 32.1. The lowest BCUT2D eigenvalue weighted by atomic mass is 10.0. The normalized spacial score (nSPS) is 14.2. The Bertz CT molecular complexity index is 1590. The number of aromatic nitrogens is 1. The number of thiazole rings is 1. The number of benzene rings is 3. The highest BCUT2D eigenvalue weighted by Crippen LogP contribution is 2.36. The van der Waals surface area contributed by atoms with Crippen molar-refractivity contribution < 1.29 is 19.8 Å². The third-order valence-corrected chi connectivity index (χ3v) is 6.71. The second kappa shape index (κ2) is 9.67. The number of phenolic OH excluding ortho intramolecular Hbond substituents is 1. The number of aromatic carboxylic acids is 1. The van der Waals surface area contributed by atoms with E-state index in [1.54, 1.807) is 41.9 Å². The van der Waals surface area contributed by atoms with Gasteiger partial charge in [0, 0.05) is 17.1 Å². The van der Waals surface area contributed by atoms with E-state index in [2.05, 4.69) is 20.6 Å². The maximum absolute atomic E-state index is 13.4. The number of aromatic hydroxyl groups is 1. The maximum Gasteiger partial charge on any atom is 0.335 e. The number of hydrogen-bond acceptors (Lipinski definition) is 8. The molecule has 2 heterocycles. The first-order chi connectivity index (χ1) is 17.8. The van der Waals surface area contributed by atoms with Crippen molar-refractivity contribution in [3.63, 3.8) is 0 Å². The molecule has 0 fully saturated rings. The average molecular weight is 512 g/mol. The standard InChI is InChI=1S/C27H21N5O4S/c1-15-9-10-19(13-16(15)2)32-26(34)23(22(31-32)25-28-11-12-37-25)30-29-21-8-4-7-20(24(21)33)17-5-3-6-18(14-17)27(35)36/h3-14,29,33H,1-2H3,(H,35,36). The number of rotatable bonds is 6. The number of carbonyl (C=O) groups excluding carboxylic acids is 1. The minimum absolute atomic E-state index is 0.0471. The van der Waals surface area contributed by atoms with Crippen molar-refractivity contribution in [2.75, 3.05) is 10.4 Å². The van der Waals surface area contributed by atoms with Crippen LogP contribution in [0, 0.1) is 13.8 Å². The van der Waals surface area contributed by atoms with E-state index in [-0.39, 0.29) is 22.7 Å². The largest absolute Gasteiger partial charge is 0.505 e. The molecule has 0 unspecified atom stereocenters. The summed E-state index contributed by atoms with van der Waals surface area (Å²) in [6.45, 7) is 3.95. The molecule has 1 aromatic heterocycles. The number of carboxylic acid groups (broad SMARTS) is 1. The molecule has 1 aliphatic heterocycles. The van der Waals surface area contributed by atoms with Gasteiger partial charge in [0.15, 0.2) is 11.4 Å². The van der Waals surface area contributed by atoms with Gasteiger partial charge in [0.25, 0.3) is 0 Å². The molecule has 1 aliphatic rings. The van der Waals surface area contributed by atoms with Crippen LogP contribution in [-0.4, -0.2) is 38.5 Å².